The van der Waals surface area contributed by atoms with E-state index in [1.807, 2.05) is 0 Å². The topological polar surface area (TPSA) is 191 Å². The lowest BCUT2D eigenvalue weighted by Crippen LogP contribution is -2.71. The van der Waals surface area contributed by atoms with Crippen molar-refractivity contribution in [3.8, 4) is 0 Å². The highest BCUT2D eigenvalue weighted by molar-refractivity contribution is 8.01. The predicted molar refractivity (Wildman–Crippen MR) is 143 cm³/mol. The van der Waals surface area contributed by atoms with Gasteiger partial charge in [-0.1, -0.05) is 29.1 Å². The molecule has 2 atom stereocenters. The first-order valence-electron chi connectivity index (χ1n) is 11.4. The fourth-order valence-electron chi connectivity index (χ4n) is 3.85. The van der Waals surface area contributed by atoms with Crippen molar-refractivity contribution in [3.63, 3.8) is 0 Å². The van der Waals surface area contributed by atoms with Crippen LogP contribution in [0.3, 0.4) is 0 Å². The molecule has 14 nitrogen and oxygen atoms in total. The van der Waals surface area contributed by atoms with Gasteiger partial charge in [-0.3, -0.25) is 14.5 Å². The molecule has 0 spiro atoms. The molecule has 0 aliphatic carbocycles. The number of halogens is 1. The number of nitrogens with zero attached hydrogens (tertiary/aromatic N) is 7. The summed E-state index contributed by atoms with van der Waals surface area (Å²) >= 11 is 3.67. The van der Waals surface area contributed by atoms with Gasteiger partial charge in [-0.05, 0) is 33.7 Å². The zero-order valence-electron chi connectivity index (χ0n) is 20.6. The van der Waals surface area contributed by atoms with Gasteiger partial charge >= 0.3 is 5.97 Å². The third-order valence-corrected chi connectivity index (χ3v) is 8.88. The molecule has 5 rings (SSSR count). The summed E-state index contributed by atoms with van der Waals surface area (Å²) < 4.78 is 14.6. The average molecular weight is 606 g/mol. The monoisotopic (exact) mass is 605 g/mol. The number of oxime groups is 1. The van der Waals surface area contributed by atoms with Crippen molar-refractivity contribution < 1.29 is 28.7 Å². The number of carbonyl (C=O) groups is 3. The minimum atomic E-state index is -1.25. The number of nitrogens with two attached hydrogens (primary N) is 1. The van der Waals surface area contributed by atoms with Crippen molar-refractivity contribution in [3.05, 3.63) is 58.0 Å². The zero-order chi connectivity index (χ0) is 28.4. The maximum atomic E-state index is 13.2. The first kappa shape index (κ1) is 27.5. The van der Waals surface area contributed by atoms with Crippen molar-refractivity contribution in [2.75, 3.05) is 17.2 Å². The molecule has 0 radical (unpaired) electrons. The quantitative estimate of drug-likeness (QED) is 0.128. The second-order valence-corrected chi connectivity index (χ2v) is 11.3. The second-order valence-electron chi connectivity index (χ2n) is 8.40. The number of carbonyl (C=O) groups excluding carboxylic acids is 2. The Labute approximate surface area is 237 Å². The van der Waals surface area contributed by atoms with Gasteiger partial charge < -0.3 is 21.0 Å². The van der Waals surface area contributed by atoms with Crippen LogP contribution in [0.25, 0.3) is 0 Å². The Hall–Kier alpha value is -4.03. The van der Waals surface area contributed by atoms with E-state index in [4.69, 9.17) is 10.6 Å². The third-order valence-electron chi connectivity index (χ3n) is 5.77. The molecule has 1 fully saturated rings. The summed E-state index contributed by atoms with van der Waals surface area (Å²) in [6.07, 6.45) is 0. The summed E-state index contributed by atoms with van der Waals surface area (Å²) in [6.45, 7) is -0.0523. The standard InChI is InChI=1S/C22H20FN9O5S3/c1-31-22(27-29-30-31)40-8-11-7-38-19-15(18(34)32(19)16(11)20(35)36)26-17(33)14(13-9-39-21(24)25-13)28-37-6-10-2-4-12(23)5-3-10/h2-5,9,15,19H,6-8H2,1H3,(H2,24,25)(H,26,33)(H,35,36)/b28-14+/t15?,19-/m1/s1. The summed E-state index contributed by atoms with van der Waals surface area (Å²) in [6, 6.07) is 4.56. The van der Waals surface area contributed by atoms with E-state index in [-0.39, 0.29) is 34.6 Å². The largest absolute Gasteiger partial charge is 0.477 e. The van der Waals surface area contributed by atoms with E-state index in [0.29, 0.717) is 22.0 Å². The lowest BCUT2D eigenvalue weighted by Gasteiger charge is -2.49. The highest BCUT2D eigenvalue weighted by Crippen LogP contribution is 2.41. The number of amides is 2. The molecule has 208 valence electrons. The van der Waals surface area contributed by atoms with Crippen LogP contribution in [0.5, 0.6) is 0 Å². The maximum absolute atomic E-state index is 13.2. The van der Waals surface area contributed by atoms with E-state index in [9.17, 15) is 23.9 Å². The van der Waals surface area contributed by atoms with Crippen molar-refractivity contribution in [1.82, 2.24) is 35.4 Å². The van der Waals surface area contributed by atoms with Gasteiger partial charge in [-0.2, -0.15) is 0 Å². The Morgan fingerprint density at radius 2 is 2.12 bits per heavy atom. The Balaban J connectivity index is 1.29. The number of β-lactam (4-membered cyclic amide) rings is 1. The molecule has 1 aromatic carbocycles. The van der Waals surface area contributed by atoms with E-state index in [0.717, 1.165) is 11.3 Å². The molecule has 4 N–H and O–H groups in total. The minimum absolute atomic E-state index is 0.0523. The van der Waals surface area contributed by atoms with Gasteiger partial charge in [-0.15, -0.1) is 28.2 Å². The number of thioether (sulfide) groups is 2. The number of hydrogen-bond acceptors (Lipinski definition) is 13. The lowest BCUT2D eigenvalue weighted by molar-refractivity contribution is -0.150. The molecule has 2 aromatic heterocycles. The van der Waals surface area contributed by atoms with Gasteiger partial charge in [0, 0.05) is 23.9 Å². The second kappa shape index (κ2) is 11.6. The van der Waals surface area contributed by atoms with E-state index in [1.165, 1.54) is 62.8 Å². The van der Waals surface area contributed by atoms with Crippen LogP contribution in [0.2, 0.25) is 0 Å². The number of nitrogen functional groups attached to an aromatic ring is 1. The summed E-state index contributed by atoms with van der Waals surface area (Å²) in [5.41, 5.74) is 6.68. The number of hydrogen-bond donors (Lipinski definition) is 3. The van der Waals surface area contributed by atoms with Gasteiger partial charge in [-0.25, -0.2) is 18.9 Å². The Bertz CT molecular complexity index is 1520. The van der Waals surface area contributed by atoms with Crippen molar-refractivity contribution in [2.45, 2.75) is 23.2 Å². The van der Waals surface area contributed by atoms with Crippen LogP contribution in [0, 0.1) is 5.82 Å². The van der Waals surface area contributed by atoms with Crippen LogP contribution in [0.1, 0.15) is 11.3 Å². The van der Waals surface area contributed by atoms with E-state index < -0.39 is 35.0 Å². The van der Waals surface area contributed by atoms with Crippen molar-refractivity contribution >= 4 is 63.5 Å². The number of benzene rings is 1. The van der Waals surface area contributed by atoms with Gasteiger partial charge in [0.2, 0.25) is 5.16 Å². The Morgan fingerprint density at radius 3 is 2.77 bits per heavy atom. The highest BCUT2D eigenvalue weighted by atomic mass is 32.2. The van der Waals surface area contributed by atoms with Crippen LogP contribution in [0.15, 0.2) is 51.2 Å². The normalized spacial score (nSPS) is 18.8. The summed E-state index contributed by atoms with van der Waals surface area (Å²) in [5.74, 6) is -2.38. The third kappa shape index (κ3) is 5.63. The molecule has 2 aliphatic rings. The van der Waals surface area contributed by atoms with E-state index >= 15 is 0 Å². The van der Waals surface area contributed by atoms with Crippen LogP contribution in [-0.2, 0) is 32.9 Å². The number of rotatable bonds is 10. The van der Waals surface area contributed by atoms with Crippen LogP contribution in [0.4, 0.5) is 9.52 Å². The lowest BCUT2D eigenvalue weighted by atomic mass is 10.0. The summed E-state index contributed by atoms with van der Waals surface area (Å²) in [4.78, 5) is 49.0. The Kier molecular flexibility index (Phi) is 7.99. The molecule has 3 aromatic rings. The number of carboxylic acid groups (broad SMARTS) is 1. The molecule has 1 saturated heterocycles. The van der Waals surface area contributed by atoms with E-state index in [1.54, 1.807) is 7.05 Å². The molecule has 0 bridgehead atoms. The van der Waals surface area contributed by atoms with Crippen LogP contribution in [-0.4, -0.2) is 81.6 Å². The van der Waals surface area contributed by atoms with Crippen LogP contribution >= 0.6 is 34.9 Å². The Morgan fingerprint density at radius 1 is 1.35 bits per heavy atom. The van der Waals surface area contributed by atoms with Crippen molar-refractivity contribution in [1.29, 1.82) is 0 Å². The molecule has 1 unspecified atom stereocenters. The molecule has 4 heterocycles. The zero-order valence-corrected chi connectivity index (χ0v) is 23.0. The average Bonchev–Trinajstić information content (AvgIpc) is 3.55. The fraction of sp³-hybridized carbons (Fsp3) is 0.273. The first-order chi connectivity index (χ1) is 19.2. The molecular weight excluding hydrogens is 585 g/mol. The minimum Gasteiger partial charge on any atom is -0.477 e. The molecule has 0 saturated carbocycles. The number of carboxylic acids is 1. The summed E-state index contributed by atoms with van der Waals surface area (Å²) in [7, 11) is 1.66. The number of fused-ring (bicyclic) bond motifs is 1. The SMILES string of the molecule is Cn1nnnc1SCC1=C(C(=O)O)N2C(=O)C(NC(=O)/C(=N/OCc3ccc(F)cc3)c3csc(N)n3)[C@H]2SC1. The van der Waals surface area contributed by atoms with Crippen LogP contribution < -0.4 is 11.1 Å². The molecular formula is C22H20FN9O5S3. The highest BCUT2D eigenvalue weighted by Gasteiger charge is 2.54. The number of thiazole rings is 1. The maximum Gasteiger partial charge on any atom is 0.352 e. The molecule has 18 heteroatoms. The molecule has 2 aliphatic heterocycles. The van der Waals surface area contributed by atoms with Gasteiger partial charge in [0.25, 0.3) is 11.8 Å². The summed E-state index contributed by atoms with van der Waals surface area (Å²) in [5, 5.41) is 29.2. The predicted octanol–water partition coefficient (Wildman–Crippen LogP) is 0.840. The first-order valence-corrected chi connectivity index (χ1v) is 14.4. The molecule has 2 amide bonds. The molecule has 40 heavy (non-hydrogen) atoms. The number of tetrazole rings is 1. The number of anilines is 1. The van der Waals surface area contributed by atoms with Crippen molar-refractivity contribution in [2.24, 2.45) is 12.2 Å². The fourth-order valence-corrected chi connectivity index (χ4v) is 6.73. The smallest absolute Gasteiger partial charge is 0.352 e. The van der Waals surface area contributed by atoms with E-state index in [2.05, 4.69) is 31.0 Å². The number of aryl methyl sites for hydroxylation is 1. The number of aliphatic carboxylic acids is 1. The van der Waals surface area contributed by atoms with Gasteiger partial charge in [0.1, 0.15) is 35.2 Å². The number of aromatic nitrogens is 5. The van der Waals surface area contributed by atoms with Gasteiger partial charge in [0.15, 0.2) is 10.8 Å². The number of nitrogens with one attached hydrogen (secondary N) is 1. The van der Waals surface area contributed by atoms with Gasteiger partial charge in [0.05, 0.1) is 0 Å².